The summed E-state index contributed by atoms with van der Waals surface area (Å²) in [6.07, 6.45) is 7.21. The van der Waals surface area contributed by atoms with Crippen molar-refractivity contribution in [2.45, 2.75) is 5.16 Å². The zero-order chi connectivity index (χ0) is 13.4. The van der Waals surface area contributed by atoms with Crippen molar-refractivity contribution >= 4 is 17.3 Å². The molecule has 0 fully saturated rings. The quantitative estimate of drug-likeness (QED) is 0.527. The average molecular weight is 272 g/mol. The summed E-state index contributed by atoms with van der Waals surface area (Å²) in [4.78, 5) is 20.6. The number of thioether (sulfide) groups is 1. The van der Waals surface area contributed by atoms with E-state index in [1.807, 2.05) is 24.5 Å². The first-order valence-electron chi connectivity index (χ1n) is 5.75. The molecular weight excluding hydrogens is 260 g/mol. The Bertz CT molecular complexity index is 806. The Balaban J connectivity index is 2.26. The van der Waals surface area contributed by atoms with Crippen LogP contribution in [0.5, 0.6) is 0 Å². The van der Waals surface area contributed by atoms with Crippen LogP contribution in [-0.4, -0.2) is 25.2 Å². The average Bonchev–Trinajstić information content (AvgIpc) is 2.87. The number of aromatic nitrogens is 4. The van der Waals surface area contributed by atoms with Crippen LogP contribution in [0.1, 0.15) is 0 Å². The Kier molecular flexibility index (Phi) is 2.87. The first-order valence-corrected chi connectivity index (χ1v) is 6.97. The highest BCUT2D eigenvalue weighted by atomic mass is 32.2. The molecule has 3 heterocycles. The van der Waals surface area contributed by atoms with Crippen molar-refractivity contribution in [1.29, 1.82) is 0 Å². The molecule has 96 valence electrons. The van der Waals surface area contributed by atoms with E-state index in [1.165, 1.54) is 11.8 Å². The Morgan fingerprint density at radius 3 is 2.84 bits per heavy atom. The normalized spacial score (nSPS) is 11.1. The standard InChI is InChI=1S/C13H12N4OS/c1-16-7-5-11-9(4-8-17(11)13(16)18)10-3-6-14-12(15-10)19-2/h3-8H,1-2H3. The smallest absolute Gasteiger partial charge is 0.303 e. The Labute approximate surface area is 113 Å². The first-order chi connectivity index (χ1) is 9.20. The Morgan fingerprint density at radius 2 is 2.05 bits per heavy atom. The molecule has 5 nitrogen and oxygen atoms in total. The molecular formula is C13H12N4OS. The molecule has 0 aliphatic carbocycles. The van der Waals surface area contributed by atoms with Gasteiger partial charge in [-0.15, -0.1) is 0 Å². The summed E-state index contributed by atoms with van der Waals surface area (Å²) in [5, 5.41) is 0.723. The number of aryl methyl sites for hydroxylation is 1. The SMILES string of the molecule is CSc1nccc(-c2ccn3c(=O)n(C)ccc23)n1. The molecule has 0 radical (unpaired) electrons. The lowest BCUT2D eigenvalue weighted by atomic mass is 10.2. The second-order valence-electron chi connectivity index (χ2n) is 4.12. The zero-order valence-electron chi connectivity index (χ0n) is 10.6. The van der Waals surface area contributed by atoms with Crippen molar-refractivity contribution in [3.05, 3.63) is 47.3 Å². The highest BCUT2D eigenvalue weighted by molar-refractivity contribution is 7.98. The van der Waals surface area contributed by atoms with E-state index in [1.54, 1.807) is 34.6 Å². The number of hydrogen-bond donors (Lipinski definition) is 0. The summed E-state index contributed by atoms with van der Waals surface area (Å²) in [5.41, 5.74) is 2.56. The van der Waals surface area contributed by atoms with Crippen molar-refractivity contribution in [3.63, 3.8) is 0 Å². The van der Waals surface area contributed by atoms with E-state index in [9.17, 15) is 4.79 Å². The third-order valence-electron chi connectivity index (χ3n) is 2.98. The largest absolute Gasteiger partial charge is 0.332 e. The fourth-order valence-corrected chi connectivity index (χ4v) is 2.36. The van der Waals surface area contributed by atoms with Crippen molar-refractivity contribution in [2.24, 2.45) is 7.05 Å². The summed E-state index contributed by atoms with van der Waals surface area (Å²) < 4.78 is 3.17. The summed E-state index contributed by atoms with van der Waals surface area (Å²) in [6.45, 7) is 0. The topological polar surface area (TPSA) is 52.2 Å². The van der Waals surface area contributed by atoms with Gasteiger partial charge in [-0.05, 0) is 24.5 Å². The fraction of sp³-hybridized carbons (Fsp3) is 0.154. The highest BCUT2D eigenvalue weighted by Gasteiger charge is 2.09. The molecule has 0 unspecified atom stereocenters. The van der Waals surface area contributed by atoms with Crippen LogP contribution in [0.4, 0.5) is 0 Å². The first kappa shape index (κ1) is 12.0. The van der Waals surface area contributed by atoms with E-state index in [4.69, 9.17) is 0 Å². The van der Waals surface area contributed by atoms with Crippen LogP contribution in [0.15, 0.2) is 46.7 Å². The van der Waals surface area contributed by atoms with E-state index in [2.05, 4.69) is 9.97 Å². The van der Waals surface area contributed by atoms with Crippen molar-refractivity contribution < 1.29 is 0 Å². The van der Waals surface area contributed by atoms with Crippen LogP contribution in [0.25, 0.3) is 16.8 Å². The third kappa shape index (κ3) is 1.94. The monoisotopic (exact) mass is 272 g/mol. The molecule has 0 atom stereocenters. The van der Waals surface area contributed by atoms with E-state index in [0.717, 1.165) is 21.9 Å². The van der Waals surface area contributed by atoms with Gasteiger partial charge in [0.15, 0.2) is 5.16 Å². The molecule has 0 aliphatic rings. The molecule has 3 rings (SSSR count). The van der Waals surface area contributed by atoms with Gasteiger partial charge in [0.1, 0.15) is 0 Å². The lowest BCUT2D eigenvalue weighted by Crippen LogP contribution is -2.22. The van der Waals surface area contributed by atoms with Gasteiger partial charge in [-0.3, -0.25) is 4.40 Å². The fourth-order valence-electron chi connectivity index (χ4n) is 2.00. The maximum atomic E-state index is 12.0. The molecule has 19 heavy (non-hydrogen) atoms. The molecule has 3 aromatic rings. The zero-order valence-corrected chi connectivity index (χ0v) is 11.4. The number of rotatable bonds is 2. The number of hydrogen-bond acceptors (Lipinski definition) is 4. The van der Waals surface area contributed by atoms with Gasteiger partial charge in [-0.2, -0.15) is 0 Å². The van der Waals surface area contributed by atoms with Crippen molar-refractivity contribution in [2.75, 3.05) is 6.26 Å². The molecule has 3 aromatic heterocycles. The van der Waals surface area contributed by atoms with Crippen molar-refractivity contribution in [3.8, 4) is 11.3 Å². The summed E-state index contributed by atoms with van der Waals surface area (Å²) in [7, 11) is 1.73. The minimum atomic E-state index is -0.0668. The van der Waals surface area contributed by atoms with Gasteiger partial charge in [0.25, 0.3) is 0 Å². The van der Waals surface area contributed by atoms with Gasteiger partial charge in [-0.1, -0.05) is 11.8 Å². The van der Waals surface area contributed by atoms with Gasteiger partial charge in [0, 0.05) is 31.2 Å². The van der Waals surface area contributed by atoms with Crippen molar-refractivity contribution in [1.82, 2.24) is 18.9 Å². The maximum absolute atomic E-state index is 12.0. The van der Waals surface area contributed by atoms with Gasteiger partial charge < -0.3 is 4.57 Å². The lowest BCUT2D eigenvalue weighted by Gasteiger charge is -2.03. The van der Waals surface area contributed by atoms with Crippen LogP contribution in [0.2, 0.25) is 0 Å². The molecule has 0 bridgehead atoms. The maximum Gasteiger partial charge on any atom is 0.332 e. The molecule has 0 aliphatic heterocycles. The molecule has 0 spiro atoms. The van der Waals surface area contributed by atoms with E-state index in [0.29, 0.717) is 0 Å². The molecule has 0 aromatic carbocycles. The summed E-state index contributed by atoms with van der Waals surface area (Å²) in [6, 6.07) is 5.67. The molecule has 0 saturated heterocycles. The second-order valence-corrected chi connectivity index (χ2v) is 4.90. The van der Waals surface area contributed by atoms with Crippen LogP contribution in [-0.2, 0) is 7.05 Å². The molecule has 0 amide bonds. The summed E-state index contributed by atoms with van der Waals surface area (Å²) >= 11 is 1.50. The summed E-state index contributed by atoms with van der Waals surface area (Å²) in [5.74, 6) is 0. The van der Waals surface area contributed by atoms with Gasteiger partial charge in [0.05, 0.1) is 11.2 Å². The van der Waals surface area contributed by atoms with Crippen LogP contribution >= 0.6 is 11.8 Å². The predicted molar refractivity (Wildman–Crippen MR) is 75.4 cm³/mol. The van der Waals surface area contributed by atoms with Crippen LogP contribution < -0.4 is 5.69 Å². The van der Waals surface area contributed by atoms with Gasteiger partial charge >= 0.3 is 5.69 Å². The van der Waals surface area contributed by atoms with Gasteiger partial charge in [0.2, 0.25) is 0 Å². The van der Waals surface area contributed by atoms with Crippen LogP contribution in [0.3, 0.4) is 0 Å². The number of nitrogens with zero attached hydrogens (tertiary/aromatic N) is 4. The highest BCUT2D eigenvalue weighted by Crippen LogP contribution is 2.23. The number of fused-ring (bicyclic) bond motifs is 1. The van der Waals surface area contributed by atoms with Crippen LogP contribution in [0, 0.1) is 0 Å². The predicted octanol–water partition coefficient (Wildman–Crippen LogP) is 1.82. The molecule has 6 heteroatoms. The van der Waals surface area contributed by atoms with Gasteiger partial charge in [-0.25, -0.2) is 14.8 Å². The minimum absolute atomic E-state index is 0.0668. The lowest BCUT2D eigenvalue weighted by molar-refractivity contribution is 0.791. The molecule has 0 saturated carbocycles. The Morgan fingerprint density at radius 1 is 1.21 bits per heavy atom. The molecule has 0 N–H and O–H groups in total. The Hall–Kier alpha value is -2.08. The third-order valence-corrected chi connectivity index (χ3v) is 3.54. The minimum Gasteiger partial charge on any atom is -0.303 e. The second kappa shape index (κ2) is 4.55. The van der Waals surface area contributed by atoms with E-state index < -0.39 is 0 Å². The van der Waals surface area contributed by atoms with E-state index in [-0.39, 0.29) is 5.69 Å². The van der Waals surface area contributed by atoms with E-state index >= 15 is 0 Å².